The van der Waals surface area contributed by atoms with Gasteiger partial charge in [-0.1, -0.05) is 6.07 Å². The second-order valence-electron chi connectivity index (χ2n) is 8.83. The monoisotopic (exact) mass is 529 g/mol. The Hall–Kier alpha value is -3.44. The first-order valence-corrected chi connectivity index (χ1v) is 13.9. The summed E-state index contributed by atoms with van der Waals surface area (Å²) in [5.74, 6) is -0.315. The topological polar surface area (TPSA) is 87.5 Å². The Bertz CT molecular complexity index is 1490. The molecule has 3 heterocycles. The van der Waals surface area contributed by atoms with Crippen LogP contribution in [-0.4, -0.2) is 54.5 Å². The maximum atomic E-state index is 14.1. The van der Waals surface area contributed by atoms with Crippen LogP contribution in [0.15, 0.2) is 71.2 Å². The van der Waals surface area contributed by atoms with Crippen molar-refractivity contribution in [2.24, 2.45) is 0 Å². The number of aromatic nitrogens is 2. The number of thiazole rings is 1. The molecular weight excluding hydrogens is 501 g/mol. The zero-order valence-corrected chi connectivity index (χ0v) is 21.5. The largest absolute Gasteiger partial charge is 0.368 e. The van der Waals surface area contributed by atoms with Crippen LogP contribution in [0.5, 0.6) is 0 Å². The summed E-state index contributed by atoms with van der Waals surface area (Å²) >= 11 is 1.22. The van der Waals surface area contributed by atoms with Crippen LogP contribution in [0.25, 0.3) is 10.9 Å². The number of carbonyl (C=O) groups is 1. The Labute approximate surface area is 214 Å². The number of sulfonamides is 1. The van der Waals surface area contributed by atoms with E-state index in [0.717, 1.165) is 5.69 Å². The zero-order valence-electron chi connectivity index (χ0n) is 19.8. The van der Waals surface area contributed by atoms with E-state index in [2.05, 4.69) is 14.6 Å². The molecule has 0 bridgehead atoms. The fourth-order valence-electron chi connectivity index (χ4n) is 4.65. The molecule has 1 fully saturated rings. The van der Waals surface area contributed by atoms with Crippen molar-refractivity contribution in [3.63, 3.8) is 0 Å². The maximum Gasteiger partial charge on any atom is 0.263 e. The predicted molar refractivity (Wildman–Crippen MR) is 141 cm³/mol. The van der Waals surface area contributed by atoms with Crippen LogP contribution in [0.1, 0.15) is 21.3 Å². The number of nitrogens with zero attached hydrogens (tertiary/aromatic N) is 4. The van der Waals surface area contributed by atoms with Gasteiger partial charge >= 0.3 is 0 Å². The van der Waals surface area contributed by atoms with Gasteiger partial charge in [-0.25, -0.2) is 17.8 Å². The standard InChI is InChI=1S/C25H26FN5O3S2.H2/c1-17-16-29(19-6-8-20(9-7-19)36(33,34)28-25-27-11-15-35-25)13-14-30(17)24(32)18(2)31-12-10-21-22(26)4-3-5-23(21)31;/h3-12,15,17-18H,13-14,16H2,1-2H3,(H,27,28);1H/t17?,18-;/m1./s1. The predicted octanol–water partition coefficient (Wildman–Crippen LogP) is 4.58. The Kier molecular flexibility index (Phi) is 6.44. The van der Waals surface area contributed by atoms with Crippen LogP contribution in [-0.2, 0) is 14.8 Å². The molecule has 36 heavy (non-hydrogen) atoms. The lowest BCUT2D eigenvalue weighted by Gasteiger charge is -2.42. The molecule has 8 nitrogen and oxygen atoms in total. The smallest absolute Gasteiger partial charge is 0.263 e. The van der Waals surface area contributed by atoms with Gasteiger partial charge in [0.2, 0.25) is 5.91 Å². The van der Waals surface area contributed by atoms with Gasteiger partial charge < -0.3 is 14.4 Å². The van der Waals surface area contributed by atoms with E-state index >= 15 is 0 Å². The summed E-state index contributed by atoms with van der Waals surface area (Å²) in [6.07, 6.45) is 3.30. The molecule has 1 amide bonds. The summed E-state index contributed by atoms with van der Waals surface area (Å²) < 4.78 is 43.6. The molecule has 1 unspecified atom stereocenters. The molecule has 2 aromatic carbocycles. The molecule has 5 rings (SSSR count). The van der Waals surface area contributed by atoms with E-state index in [1.54, 1.807) is 54.2 Å². The minimum atomic E-state index is -3.71. The first kappa shape index (κ1) is 24.3. The van der Waals surface area contributed by atoms with E-state index in [9.17, 15) is 17.6 Å². The van der Waals surface area contributed by atoms with E-state index < -0.39 is 16.1 Å². The molecule has 0 radical (unpaired) electrons. The Morgan fingerprint density at radius 3 is 2.67 bits per heavy atom. The van der Waals surface area contributed by atoms with Gasteiger partial charge in [-0.15, -0.1) is 11.3 Å². The van der Waals surface area contributed by atoms with Gasteiger partial charge in [-0.2, -0.15) is 0 Å². The van der Waals surface area contributed by atoms with Crippen molar-refractivity contribution in [3.05, 3.63) is 72.1 Å². The van der Waals surface area contributed by atoms with Gasteiger partial charge in [-0.3, -0.25) is 9.52 Å². The summed E-state index contributed by atoms with van der Waals surface area (Å²) in [5, 5.41) is 2.52. The number of rotatable bonds is 6. The van der Waals surface area contributed by atoms with Crippen LogP contribution in [0.4, 0.5) is 15.2 Å². The molecule has 190 valence electrons. The molecule has 1 saturated heterocycles. The normalized spacial score (nSPS) is 17.4. The average molecular weight is 530 g/mol. The number of hydrogen-bond acceptors (Lipinski definition) is 6. The Morgan fingerprint density at radius 1 is 1.19 bits per heavy atom. The van der Waals surface area contributed by atoms with E-state index in [-0.39, 0.29) is 24.1 Å². The van der Waals surface area contributed by atoms with Crippen LogP contribution < -0.4 is 9.62 Å². The van der Waals surface area contributed by atoms with Crippen LogP contribution in [0.2, 0.25) is 0 Å². The summed E-state index contributed by atoms with van der Waals surface area (Å²) in [4.78, 5) is 21.5. The summed E-state index contributed by atoms with van der Waals surface area (Å²) in [6, 6.07) is 12.8. The second kappa shape index (κ2) is 9.55. The highest BCUT2D eigenvalue weighted by Gasteiger charge is 2.31. The van der Waals surface area contributed by atoms with Crippen molar-refractivity contribution in [2.45, 2.75) is 30.8 Å². The van der Waals surface area contributed by atoms with E-state index in [1.807, 2.05) is 29.4 Å². The molecule has 0 aliphatic carbocycles. The summed E-state index contributed by atoms with van der Waals surface area (Å²) in [6.45, 7) is 5.60. The SMILES string of the molecule is CC1CN(c2ccc(S(=O)(=O)Nc3nccs3)cc2)CCN1C(=O)[C@@H](C)n1ccc2c(F)cccc21.[HH]. The number of halogens is 1. The molecule has 2 aromatic heterocycles. The molecule has 0 spiro atoms. The van der Waals surface area contributed by atoms with Gasteiger partial charge in [0, 0.05) is 56.0 Å². The first-order valence-electron chi connectivity index (χ1n) is 11.6. The van der Waals surface area contributed by atoms with Crippen molar-refractivity contribution in [3.8, 4) is 0 Å². The van der Waals surface area contributed by atoms with Gasteiger partial charge in [0.15, 0.2) is 5.13 Å². The van der Waals surface area contributed by atoms with Crippen LogP contribution in [0.3, 0.4) is 0 Å². The third kappa shape index (κ3) is 4.56. The number of amides is 1. The highest BCUT2D eigenvalue weighted by molar-refractivity contribution is 7.93. The molecule has 1 aliphatic heterocycles. The fraction of sp³-hybridized carbons (Fsp3) is 0.280. The molecule has 1 aliphatic rings. The second-order valence-corrected chi connectivity index (χ2v) is 11.4. The lowest BCUT2D eigenvalue weighted by Crippen LogP contribution is -2.55. The quantitative estimate of drug-likeness (QED) is 0.395. The van der Waals surface area contributed by atoms with Crippen LogP contribution in [0, 0.1) is 5.82 Å². The highest BCUT2D eigenvalue weighted by atomic mass is 32.2. The lowest BCUT2D eigenvalue weighted by atomic mass is 10.1. The minimum absolute atomic E-state index is 0. The van der Waals surface area contributed by atoms with E-state index in [0.29, 0.717) is 35.7 Å². The number of nitrogens with one attached hydrogen (secondary N) is 1. The van der Waals surface area contributed by atoms with Crippen molar-refractivity contribution < 1.29 is 19.0 Å². The van der Waals surface area contributed by atoms with E-state index in [1.165, 1.54) is 17.4 Å². The third-order valence-electron chi connectivity index (χ3n) is 6.56. The molecular formula is C25H28FN5O3S2. The van der Waals surface area contributed by atoms with Crippen molar-refractivity contribution in [2.75, 3.05) is 29.3 Å². The lowest BCUT2D eigenvalue weighted by molar-refractivity contribution is -0.136. The first-order chi connectivity index (χ1) is 17.2. The van der Waals surface area contributed by atoms with Gasteiger partial charge in [0.1, 0.15) is 11.9 Å². The van der Waals surface area contributed by atoms with E-state index in [4.69, 9.17) is 0 Å². The molecule has 4 aromatic rings. The molecule has 0 saturated carbocycles. The van der Waals surface area contributed by atoms with Crippen molar-refractivity contribution in [1.29, 1.82) is 0 Å². The molecule has 1 N–H and O–H groups in total. The number of piperazine rings is 1. The van der Waals surface area contributed by atoms with Crippen LogP contribution >= 0.6 is 11.3 Å². The van der Waals surface area contributed by atoms with Gasteiger partial charge in [0.25, 0.3) is 10.0 Å². The van der Waals surface area contributed by atoms with Crippen molar-refractivity contribution >= 4 is 49.0 Å². The molecule has 2 atom stereocenters. The number of hydrogen-bond donors (Lipinski definition) is 1. The number of benzene rings is 2. The number of anilines is 2. The average Bonchev–Trinajstić information content (AvgIpc) is 3.53. The maximum absolute atomic E-state index is 14.1. The third-order valence-corrected chi connectivity index (χ3v) is 8.73. The number of carbonyl (C=O) groups excluding carboxylic acids is 1. The fourth-order valence-corrected chi connectivity index (χ4v) is 6.44. The Balaban J connectivity index is 0.00000320. The van der Waals surface area contributed by atoms with Gasteiger partial charge in [0.05, 0.1) is 10.4 Å². The van der Waals surface area contributed by atoms with Gasteiger partial charge in [-0.05, 0) is 56.3 Å². The zero-order chi connectivity index (χ0) is 25.4. The Morgan fingerprint density at radius 2 is 1.97 bits per heavy atom. The summed E-state index contributed by atoms with van der Waals surface area (Å²) in [5.41, 5.74) is 1.59. The number of fused-ring (bicyclic) bond motifs is 1. The minimum Gasteiger partial charge on any atom is -0.368 e. The molecule has 11 heteroatoms. The van der Waals surface area contributed by atoms with Crippen molar-refractivity contribution in [1.82, 2.24) is 14.5 Å². The highest BCUT2D eigenvalue weighted by Crippen LogP contribution is 2.27. The summed E-state index contributed by atoms with van der Waals surface area (Å²) in [7, 11) is -3.71.